The topological polar surface area (TPSA) is 43.4 Å². The van der Waals surface area contributed by atoms with Crippen molar-refractivity contribution in [1.82, 2.24) is 0 Å². The smallest absolute Gasteiger partial charge is 0.310 e. The SMILES string of the molecule is C/C=C(/C=O)C1C(C(=O)OC2CC(C)CCC2C(C)C)C1(C)C. The molecule has 0 aromatic carbocycles. The molecule has 3 nitrogen and oxygen atoms in total. The second-order valence-corrected chi connectivity index (χ2v) is 8.48. The number of rotatable bonds is 5. The van der Waals surface area contributed by atoms with Crippen LogP contribution in [-0.4, -0.2) is 18.4 Å². The van der Waals surface area contributed by atoms with Gasteiger partial charge in [0.1, 0.15) is 12.4 Å². The van der Waals surface area contributed by atoms with Gasteiger partial charge < -0.3 is 4.74 Å². The molecule has 5 atom stereocenters. The van der Waals surface area contributed by atoms with E-state index < -0.39 is 0 Å². The molecule has 2 saturated carbocycles. The van der Waals surface area contributed by atoms with Crippen molar-refractivity contribution in [3.05, 3.63) is 11.6 Å². The van der Waals surface area contributed by atoms with E-state index in [4.69, 9.17) is 4.74 Å². The fraction of sp³-hybridized carbons (Fsp3) is 0.800. The van der Waals surface area contributed by atoms with Crippen LogP contribution in [0.1, 0.15) is 60.8 Å². The molecule has 0 heterocycles. The third-order valence-corrected chi connectivity index (χ3v) is 6.14. The largest absolute Gasteiger partial charge is 0.462 e. The average Bonchev–Trinajstić information content (AvgIpc) is 3.02. The molecule has 3 heteroatoms. The Morgan fingerprint density at radius 3 is 2.39 bits per heavy atom. The van der Waals surface area contributed by atoms with Crippen LogP contribution in [0.15, 0.2) is 11.6 Å². The van der Waals surface area contributed by atoms with E-state index >= 15 is 0 Å². The summed E-state index contributed by atoms with van der Waals surface area (Å²) in [6.07, 6.45) is 6.08. The van der Waals surface area contributed by atoms with Crippen molar-refractivity contribution in [1.29, 1.82) is 0 Å². The highest BCUT2D eigenvalue weighted by Crippen LogP contribution is 2.62. The highest BCUT2D eigenvalue weighted by Gasteiger charge is 2.64. The van der Waals surface area contributed by atoms with E-state index in [1.165, 1.54) is 6.42 Å². The number of ether oxygens (including phenoxy) is 1. The van der Waals surface area contributed by atoms with E-state index in [9.17, 15) is 9.59 Å². The van der Waals surface area contributed by atoms with Crippen molar-refractivity contribution >= 4 is 12.3 Å². The Morgan fingerprint density at radius 2 is 1.87 bits per heavy atom. The normalized spacial score (nSPS) is 36.7. The first-order chi connectivity index (χ1) is 10.7. The van der Waals surface area contributed by atoms with E-state index in [1.807, 2.05) is 13.0 Å². The molecule has 0 aromatic heterocycles. The molecule has 0 spiro atoms. The minimum absolute atomic E-state index is 0.0102. The van der Waals surface area contributed by atoms with Gasteiger partial charge in [-0.05, 0) is 48.5 Å². The molecule has 130 valence electrons. The van der Waals surface area contributed by atoms with Crippen LogP contribution in [0.25, 0.3) is 0 Å². The van der Waals surface area contributed by atoms with E-state index in [2.05, 4.69) is 34.6 Å². The summed E-state index contributed by atoms with van der Waals surface area (Å²) in [6, 6.07) is 0. The highest BCUT2D eigenvalue weighted by atomic mass is 16.5. The summed E-state index contributed by atoms with van der Waals surface area (Å²) >= 11 is 0. The minimum Gasteiger partial charge on any atom is -0.462 e. The third kappa shape index (κ3) is 3.54. The van der Waals surface area contributed by atoms with Crippen LogP contribution in [0.4, 0.5) is 0 Å². The van der Waals surface area contributed by atoms with Crippen molar-refractivity contribution in [2.24, 2.45) is 35.0 Å². The lowest BCUT2D eigenvalue weighted by Gasteiger charge is -2.36. The van der Waals surface area contributed by atoms with Crippen LogP contribution in [-0.2, 0) is 14.3 Å². The Morgan fingerprint density at radius 1 is 1.22 bits per heavy atom. The number of allylic oxidation sites excluding steroid dienone is 2. The van der Waals surface area contributed by atoms with Crippen LogP contribution in [0.5, 0.6) is 0 Å². The second kappa shape index (κ2) is 6.78. The summed E-state index contributed by atoms with van der Waals surface area (Å²) in [4.78, 5) is 24.0. The van der Waals surface area contributed by atoms with Gasteiger partial charge in [0, 0.05) is 5.92 Å². The molecule has 5 unspecified atom stereocenters. The van der Waals surface area contributed by atoms with Crippen molar-refractivity contribution < 1.29 is 14.3 Å². The number of hydrogen-bond acceptors (Lipinski definition) is 3. The molecule has 2 rings (SSSR count). The van der Waals surface area contributed by atoms with Gasteiger partial charge in [0.25, 0.3) is 0 Å². The number of esters is 1. The van der Waals surface area contributed by atoms with E-state index in [1.54, 1.807) is 0 Å². The highest BCUT2D eigenvalue weighted by molar-refractivity contribution is 5.84. The average molecular weight is 320 g/mol. The number of carbonyl (C=O) groups is 2. The Kier molecular flexibility index (Phi) is 5.37. The fourth-order valence-corrected chi connectivity index (χ4v) is 4.49. The molecule has 2 aliphatic rings. The van der Waals surface area contributed by atoms with E-state index in [0.29, 0.717) is 17.8 Å². The standard InChI is InChI=1S/C20H32O3/c1-7-14(11-21)17-18(20(17,5)6)19(22)23-16-10-13(4)8-9-15(16)12(2)3/h7,11-13,15-18H,8-10H2,1-6H3/b14-7-. The first-order valence-corrected chi connectivity index (χ1v) is 9.05. The molecule has 0 aromatic rings. The third-order valence-electron chi connectivity index (χ3n) is 6.14. The fourth-order valence-electron chi connectivity index (χ4n) is 4.49. The van der Waals surface area contributed by atoms with Gasteiger partial charge in [0.2, 0.25) is 0 Å². The first-order valence-electron chi connectivity index (χ1n) is 9.05. The van der Waals surface area contributed by atoms with E-state index in [-0.39, 0.29) is 29.3 Å². The predicted molar refractivity (Wildman–Crippen MR) is 91.8 cm³/mol. The van der Waals surface area contributed by atoms with Gasteiger partial charge in [-0.1, -0.05) is 47.1 Å². The summed E-state index contributed by atoms with van der Waals surface area (Å²) in [5, 5.41) is 0. The van der Waals surface area contributed by atoms with Crippen LogP contribution in [0.2, 0.25) is 0 Å². The number of carbonyl (C=O) groups excluding carboxylic acids is 2. The molecule has 23 heavy (non-hydrogen) atoms. The summed E-state index contributed by atoms with van der Waals surface area (Å²) in [6.45, 7) is 12.6. The molecule has 0 N–H and O–H groups in total. The van der Waals surface area contributed by atoms with Crippen LogP contribution >= 0.6 is 0 Å². The van der Waals surface area contributed by atoms with Crippen LogP contribution in [0.3, 0.4) is 0 Å². The summed E-state index contributed by atoms with van der Waals surface area (Å²) < 4.78 is 5.98. The molecule has 2 fully saturated rings. The molecule has 2 aliphatic carbocycles. The van der Waals surface area contributed by atoms with Crippen LogP contribution < -0.4 is 0 Å². The van der Waals surface area contributed by atoms with Crippen molar-refractivity contribution in [2.75, 3.05) is 0 Å². The predicted octanol–water partition coefficient (Wildman–Crippen LogP) is 4.41. The Labute approximate surface area is 140 Å². The maximum absolute atomic E-state index is 12.7. The van der Waals surface area contributed by atoms with Gasteiger partial charge in [-0.15, -0.1) is 0 Å². The molecule has 0 aliphatic heterocycles. The van der Waals surface area contributed by atoms with Crippen LogP contribution in [0, 0.1) is 35.0 Å². The van der Waals surface area contributed by atoms with Crippen molar-refractivity contribution in [3.63, 3.8) is 0 Å². The molecular formula is C20H32O3. The van der Waals surface area contributed by atoms with Gasteiger partial charge in [0.05, 0.1) is 5.92 Å². The maximum atomic E-state index is 12.7. The van der Waals surface area contributed by atoms with Gasteiger partial charge in [0.15, 0.2) is 0 Å². The van der Waals surface area contributed by atoms with Gasteiger partial charge >= 0.3 is 5.97 Å². The summed E-state index contributed by atoms with van der Waals surface area (Å²) in [7, 11) is 0. The number of hydrogen-bond donors (Lipinski definition) is 0. The lowest BCUT2D eigenvalue weighted by molar-refractivity contribution is -0.158. The first kappa shape index (κ1) is 18.2. The number of aldehydes is 1. The molecule has 0 bridgehead atoms. The van der Waals surface area contributed by atoms with Crippen molar-refractivity contribution in [3.8, 4) is 0 Å². The Hall–Kier alpha value is -1.12. The molecule has 0 amide bonds. The zero-order chi connectivity index (χ0) is 17.4. The molecular weight excluding hydrogens is 288 g/mol. The minimum atomic E-state index is -0.177. The Balaban J connectivity index is 2.07. The second-order valence-electron chi connectivity index (χ2n) is 8.48. The monoisotopic (exact) mass is 320 g/mol. The van der Waals surface area contributed by atoms with Gasteiger partial charge in [-0.3, -0.25) is 9.59 Å². The summed E-state index contributed by atoms with van der Waals surface area (Å²) in [5.41, 5.74) is 0.558. The van der Waals surface area contributed by atoms with Gasteiger partial charge in [-0.2, -0.15) is 0 Å². The zero-order valence-electron chi connectivity index (χ0n) is 15.5. The van der Waals surface area contributed by atoms with E-state index in [0.717, 1.165) is 24.7 Å². The summed E-state index contributed by atoms with van der Waals surface area (Å²) in [5.74, 6) is 1.34. The molecule has 0 saturated heterocycles. The maximum Gasteiger partial charge on any atom is 0.310 e. The zero-order valence-corrected chi connectivity index (χ0v) is 15.5. The Bertz CT molecular complexity index is 489. The molecule has 0 radical (unpaired) electrons. The quantitative estimate of drug-likeness (QED) is 0.428. The lowest BCUT2D eigenvalue weighted by Crippen LogP contribution is -2.36. The van der Waals surface area contributed by atoms with Gasteiger partial charge in [-0.25, -0.2) is 0 Å². The lowest BCUT2D eigenvalue weighted by atomic mass is 9.75. The van der Waals surface area contributed by atoms with Crippen molar-refractivity contribution in [2.45, 2.75) is 66.9 Å².